The SMILES string of the molecule is C[Si](C)(C)C1=CC[C-]=C1.[CH3-].[Zr]=[CH]c1ccccc1.c1ccc2[cH-]ccc2c1. The third-order valence-corrected chi connectivity index (χ3v) is 6.98. The van der Waals surface area contributed by atoms with Crippen molar-refractivity contribution in [3.8, 4) is 0 Å². The van der Waals surface area contributed by atoms with Gasteiger partial charge < -0.3 is 7.43 Å². The molecule has 0 aliphatic heterocycles. The van der Waals surface area contributed by atoms with Gasteiger partial charge in [0, 0.05) is 0 Å². The minimum absolute atomic E-state index is 0. The first kappa shape index (κ1) is 23.5. The van der Waals surface area contributed by atoms with Crippen molar-refractivity contribution in [2.24, 2.45) is 0 Å². The summed E-state index contributed by atoms with van der Waals surface area (Å²) in [6.45, 7) is 7.09. The summed E-state index contributed by atoms with van der Waals surface area (Å²) in [7, 11) is -0.981. The zero-order valence-corrected chi connectivity index (χ0v) is 20.3. The van der Waals surface area contributed by atoms with Gasteiger partial charge in [0.1, 0.15) is 0 Å². The number of fused-ring (bicyclic) bond motifs is 1. The fraction of sp³-hybridized carbons (Fsp3) is 0.160. The number of rotatable bonds is 2. The van der Waals surface area contributed by atoms with E-state index in [-0.39, 0.29) is 7.43 Å². The molecule has 27 heavy (non-hydrogen) atoms. The monoisotopic (exact) mass is 447 g/mol. The fourth-order valence-corrected chi connectivity index (χ4v) is 4.26. The van der Waals surface area contributed by atoms with Gasteiger partial charge in [0.25, 0.3) is 0 Å². The third kappa shape index (κ3) is 8.37. The second kappa shape index (κ2) is 12.1. The van der Waals surface area contributed by atoms with Crippen molar-refractivity contribution in [3.05, 3.63) is 109 Å². The zero-order valence-electron chi connectivity index (χ0n) is 16.9. The minimum Gasteiger partial charge on any atom is -0.168 e. The van der Waals surface area contributed by atoms with E-state index < -0.39 is 8.07 Å². The van der Waals surface area contributed by atoms with Crippen LogP contribution >= 0.6 is 0 Å². The van der Waals surface area contributed by atoms with Crippen molar-refractivity contribution in [3.63, 3.8) is 0 Å². The summed E-state index contributed by atoms with van der Waals surface area (Å²) in [5, 5.41) is 4.22. The molecule has 0 nitrogen and oxygen atoms in total. The van der Waals surface area contributed by atoms with Crippen LogP contribution in [0.15, 0.2) is 90.1 Å². The van der Waals surface area contributed by atoms with Crippen molar-refractivity contribution >= 4 is 22.6 Å². The van der Waals surface area contributed by atoms with E-state index in [4.69, 9.17) is 0 Å². The van der Waals surface area contributed by atoms with Crippen LogP contribution in [-0.2, 0) is 24.2 Å². The topological polar surface area (TPSA) is 0 Å². The van der Waals surface area contributed by atoms with Crippen molar-refractivity contribution < 1.29 is 24.2 Å². The van der Waals surface area contributed by atoms with Crippen molar-refractivity contribution in [1.82, 2.24) is 0 Å². The fourth-order valence-electron chi connectivity index (χ4n) is 2.54. The van der Waals surface area contributed by atoms with E-state index in [2.05, 4.69) is 108 Å². The summed E-state index contributed by atoms with van der Waals surface area (Å²) in [5.74, 6) is 0. The Kier molecular flexibility index (Phi) is 10.5. The van der Waals surface area contributed by atoms with Gasteiger partial charge in [-0.1, -0.05) is 25.7 Å². The van der Waals surface area contributed by atoms with Gasteiger partial charge in [-0.3, -0.25) is 6.08 Å². The smallest absolute Gasteiger partial charge is 0.0809 e. The Bertz CT molecular complexity index is 834. The molecule has 0 bridgehead atoms. The molecule has 0 aromatic heterocycles. The van der Waals surface area contributed by atoms with Crippen LogP contribution in [0.4, 0.5) is 0 Å². The Hall–Kier alpha value is -1.50. The first-order valence-corrected chi connectivity index (χ1v) is 13.9. The summed E-state index contributed by atoms with van der Waals surface area (Å²) in [6.07, 6.45) is 8.69. The molecule has 140 valence electrons. The number of hydrogen-bond donors (Lipinski definition) is 0. The summed E-state index contributed by atoms with van der Waals surface area (Å²) in [5.41, 5.74) is 1.32. The Morgan fingerprint density at radius 2 is 1.63 bits per heavy atom. The van der Waals surface area contributed by atoms with E-state index in [1.807, 2.05) is 6.07 Å². The van der Waals surface area contributed by atoms with E-state index in [9.17, 15) is 0 Å². The Morgan fingerprint density at radius 3 is 2.11 bits per heavy atom. The molecule has 1 aliphatic rings. The molecule has 0 heterocycles. The maximum atomic E-state index is 3.20. The molecule has 2 heteroatoms. The molecule has 0 radical (unpaired) electrons. The maximum absolute atomic E-state index is 3.20. The van der Waals surface area contributed by atoms with E-state index >= 15 is 0 Å². The van der Waals surface area contributed by atoms with E-state index in [1.54, 1.807) is 5.20 Å². The van der Waals surface area contributed by atoms with Crippen LogP contribution in [0.1, 0.15) is 12.0 Å². The van der Waals surface area contributed by atoms with Gasteiger partial charge in [-0.15, -0.1) is 36.1 Å². The van der Waals surface area contributed by atoms with E-state index in [0.29, 0.717) is 0 Å². The minimum atomic E-state index is -0.981. The molecular formula is C25H29SiZr-3. The van der Waals surface area contributed by atoms with Crippen LogP contribution in [0.2, 0.25) is 19.6 Å². The van der Waals surface area contributed by atoms with Crippen LogP contribution < -0.4 is 0 Å². The maximum Gasteiger partial charge on any atom is -0.0809 e. The Labute approximate surface area is 181 Å². The average Bonchev–Trinajstić information content (AvgIpc) is 3.35. The molecule has 0 amide bonds. The van der Waals surface area contributed by atoms with Crippen LogP contribution in [0.3, 0.4) is 0 Å². The molecule has 0 spiro atoms. The first-order valence-electron chi connectivity index (χ1n) is 8.94. The predicted octanol–water partition coefficient (Wildman–Crippen LogP) is 6.95. The molecule has 3 aromatic carbocycles. The van der Waals surface area contributed by atoms with Gasteiger partial charge in [0.2, 0.25) is 0 Å². The molecule has 4 rings (SSSR count). The molecule has 0 N–H and O–H groups in total. The van der Waals surface area contributed by atoms with Crippen molar-refractivity contribution in [2.45, 2.75) is 26.1 Å². The van der Waals surface area contributed by atoms with Crippen LogP contribution in [-0.4, -0.2) is 11.8 Å². The molecule has 0 atom stereocenters. The summed E-state index contributed by atoms with van der Waals surface area (Å²) in [4.78, 5) is 0. The van der Waals surface area contributed by atoms with E-state index in [0.717, 1.165) is 6.42 Å². The third-order valence-electron chi connectivity index (χ3n) is 4.08. The van der Waals surface area contributed by atoms with Gasteiger partial charge in [0.15, 0.2) is 0 Å². The number of benzene rings is 2. The molecule has 0 saturated heterocycles. The van der Waals surface area contributed by atoms with Crippen LogP contribution in [0.25, 0.3) is 10.8 Å². The summed E-state index contributed by atoms with van der Waals surface area (Å²) in [6, 6.07) is 25.0. The Balaban J connectivity index is 0.000000199. The van der Waals surface area contributed by atoms with Crippen LogP contribution in [0.5, 0.6) is 0 Å². The van der Waals surface area contributed by atoms with Crippen molar-refractivity contribution in [2.75, 3.05) is 0 Å². The number of allylic oxidation sites excluding steroid dienone is 4. The second-order valence-corrected chi connectivity index (χ2v) is 13.0. The molecule has 0 fully saturated rings. The van der Waals surface area contributed by atoms with E-state index in [1.165, 1.54) is 40.6 Å². The van der Waals surface area contributed by atoms with Gasteiger partial charge in [-0.2, -0.15) is 23.6 Å². The quantitative estimate of drug-likeness (QED) is 0.294. The zero-order chi connectivity index (χ0) is 18.8. The van der Waals surface area contributed by atoms with Crippen LogP contribution in [0, 0.1) is 13.5 Å². The predicted molar refractivity (Wildman–Crippen MR) is 121 cm³/mol. The first-order chi connectivity index (χ1) is 12.5. The second-order valence-electron chi connectivity index (χ2n) is 7.17. The summed E-state index contributed by atoms with van der Waals surface area (Å²) < 4.78 is 2.17. The molecule has 0 saturated carbocycles. The molecular weight excluding hydrogens is 420 g/mol. The standard InChI is InChI=1S/C9H7.C8H13Si.C7H6.CH3.Zr/c1-2-5-9-7-3-6-8(9)4-1;1-9(2,3)8-6-4-5-7-8;1-7-5-3-2-4-6-7;;/h1-7H;6-7H,4H2,1-3H3;1-6H;1H3;/q2*-1;;-1;. The number of hydrogen-bond acceptors (Lipinski definition) is 0. The summed E-state index contributed by atoms with van der Waals surface area (Å²) >= 11 is 1.46. The molecule has 0 unspecified atom stereocenters. The average molecular weight is 449 g/mol. The van der Waals surface area contributed by atoms with Gasteiger partial charge in [-0.25, -0.2) is 11.3 Å². The van der Waals surface area contributed by atoms with Crippen molar-refractivity contribution in [1.29, 1.82) is 0 Å². The van der Waals surface area contributed by atoms with Gasteiger partial charge in [0.05, 0.1) is 0 Å². The Morgan fingerprint density at radius 1 is 0.963 bits per heavy atom. The molecule has 1 aliphatic carbocycles. The normalized spacial score (nSPS) is 12.0. The van der Waals surface area contributed by atoms with Gasteiger partial charge >= 0.3 is 63.8 Å². The van der Waals surface area contributed by atoms with Gasteiger partial charge in [-0.05, 0) is 8.07 Å². The largest absolute Gasteiger partial charge is 0.168 e. The molecule has 3 aromatic rings.